The van der Waals surface area contributed by atoms with Crippen LogP contribution in [0, 0.1) is 5.92 Å². The van der Waals surface area contributed by atoms with Crippen molar-refractivity contribution in [1.82, 2.24) is 0 Å². The molecule has 1 fully saturated rings. The van der Waals surface area contributed by atoms with Gasteiger partial charge in [0.15, 0.2) is 0 Å². The average molecular weight is 258 g/mol. The second-order valence-electron chi connectivity index (χ2n) is 5.11. The minimum Gasteiger partial charge on any atom is -0.389 e. The Morgan fingerprint density at radius 2 is 1.94 bits per heavy atom. The Kier molecular flexibility index (Phi) is 3.41. The van der Waals surface area contributed by atoms with Crippen molar-refractivity contribution in [3.05, 3.63) is 35.4 Å². The SMILES string of the molecule is CCC(O)(Cc1cccc(C(F)(F)F)c1)C1CC1. The number of hydrogen-bond donors (Lipinski definition) is 1. The molecule has 0 amide bonds. The summed E-state index contributed by atoms with van der Waals surface area (Å²) in [4.78, 5) is 0. The van der Waals surface area contributed by atoms with Crippen LogP contribution in [-0.2, 0) is 12.6 Å². The summed E-state index contributed by atoms with van der Waals surface area (Å²) in [6, 6.07) is 5.26. The Bertz CT molecular complexity index is 423. The van der Waals surface area contributed by atoms with E-state index in [0.717, 1.165) is 25.0 Å². The maximum absolute atomic E-state index is 12.6. The summed E-state index contributed by atoms with van der Waals surface area (Å²) >= 11 is 0. The predicted octanol–water partition coefficient (Wildman–Crippen LogP) is 3.80. The largest absolute Gasteiger partial charge is 0.416 e. The van der Waals surface area contributed by atoms with E-state index in [1.165, 1.54) is 6.07 Å². The van der Waals surface area contributed by atoms with Crippen LogP contribution in [0.3, 0.4) is 0 Å². The number of benzene rings is 1. The molecular formula is C14H17F3O. The highest BCUT2D eigenvalue weighted by molar-refractivity contribution is 5.27. The normalized spacial score (nSPS) is 19.6. The Morgan fingerprint density at radius 1 is 1.28 bits per heavy atom. The van der Waals surface area contributed by atoms with E-state index in [1.54, 1.807) is 6.07 Å². The summed E-state index contributed by atoms with van der Waals surface area (Å²) in [5.41, 5.74) is -0.931. The van der Waals surface area contributed by atoms with Crippen LogP contribution in [0.5, 0.6) is 0 Å². The molecule has 1 atom stereocenters. The molecule has 0 spiro atoms. The van der Waals surface area contributed by atoms with Gasteiger partial charge < -0.3 is 5.11 Å². The van der Waals surface area contributed by atoms with Crippen LogP contribution in [0.1, 0.15) is 37.3 Å². The third kappa shape index (κ3) is 2.86. The molecule has 1 saturated carbocycles. The van der Waals surface area contributed by atoms with Crippen molar-refractivity contribution in [2.24, 2.45) is 5.92 Å². The summed E-state index contributed by atoms with van der Waals surface area (Å²) in [5, 5.41) is 10.4. The van der Waals surface area contributed by atoms with E-state index in [2.05, 4.69) is 0 Å². The molecule has 0 aromatic heterocycles. The lowest BCUT2D eigenvalue weighted by Gasteiger charge is -2.27. The molecule has 1 aromatic rings. The van der Waals surface area contributed by atoms with Gasteiger partial charge in [0.2, 0.25) is 0 Å². The maximum atomic E-state index is 12.6. The van der Waals surface area contributed by atoms with Gasteiger partial charge in [-0.15, -0.1) is 0 Å². The van der Waals surface area contributed by atoms with E-state index in [9.17, 15) is 18.3 Å². The fourth-order valence-electron chi connectivity index (χ4n) is 2.39. The standard InChI is InChI=1S/C14H17F3O/c1-2-13(18,11-6-7-11)9-10-4-3-5-12(8-10)14(15,16)17/h3-5,8,11,18H,2,6-7,9H2,1H3. The van der Waals surface area contributed by atoms with Gasteiger partial charge in [0, 0.05) is 6.42 Å². The Hall–Kier alpha value is -1.03. The topological polar surface area (TPSA) is 20.2 Å². The zero-order chi connectivity index (χ0) is 13.4. The smallest absolute Gasteiger partial charge is 0.389 e. The van der Waals surface area contributed by atoms with Gasteiger partial charge in [-0.1, -0.05) is 25.1 Å². The monoisotopic (exact) mass is 258 g/mol. The molecule has 1 unspecified atom stereocenters. The van der Waals surface area contributed by atoms with Gasteiger partial charge in [-0.3, -0.25) is 0 Å². The third-order valence-electron chi connectivity index (χ3n) is 3.71. The second-order valence-corrected chi connectivity index (χ2v) is 5.11. The summed E-state index contributed by atoms with van der Waals surface area (Å²) in [6.45, 7) is 1.88. The van der Waals surface area contributed by atoms with Crippen LogP contribution in [0.2, 0.25) is 0 Å². The highest BCUT2D eigenvalue weighted by Gasteiger charge is 2.42. The van der Waals surface area contributed by atoms with Crippen molar-refractivity contribution in [2.75, 3.05) is 0 Å². The molecule has 4 heteroatoms. The van der Waals surface area contributed by atoms with Gasteiger partial charge in [0.05, 0.1) is 11.2 Å². The van der Waals surface area contributed by atoms with E-state index in [4.69, 9.17) is 0 Å². The van der Waals surface area contributed by atoms with Crippen molar-refractivity contribution in [1.29, 1.82) is 0 Å². The zero-order valence-electron chi connectivity index (χ0n) is 10.3. The third-order valence-corrected chi connectivity index (χ3v) is 3.71. The number of aliphatic hydroxyl groups is 1. The van der Waals surface area contributed by atoms with E-state index < -0.39 is 17.3 Å². The van der Waals surface area contributed by atoms with Gasteiger partial charge in [0.1, 0.15) is 0 Å². The highest BCUT2D eigenvalue weighted by atomic mass is 19.4. The minimum atomic E-state index is -4.32. The van der Waals surface area contributed by atoms with Crippen LogP contribution < -0.4 is 0 Å². The number of hydrogen-bond acceptors (Lipinski definition) is 1. The first-order chi connectivity index (χ1) is 8.35. The first-order valence-corrected chi connectivity index (χ1v) is 6.23. The minimum absolute atomic E-state index is 0.247. The first kappa shape index (κ1) is 13.4. The molecule has 1 N–H and O–H groups in total. The molecule has 100 valence electrons. The van der Waals surface area contributed by atoms with E-state index in [0.29, 0.717) is 18.4 Å². The quantitative estimate of drug-likeness (QED) is 0.871. The summed E-state index contributed by atoms with van der Waals surface area (Å²) in [7, 11) is 0. The van der Waals surface area contributed by atoms with Crippen LogP contribution in [-0.4, -0.2) is 10.7 Å². The maximum Gasteiger partial charge on any atom is 0.416 e. The van der Waals surface area contributed by atoms with Crippen molar-refractivity contribution in [3.8, 4) is 0 Å². The molecule has 0 saturated heterocycles. The average Bonchev–Trinajstić information content (AvgIpc) is 3.12. The van der Waals surface area contributed by atoms with Gasteiger partial charge in [-0.2, -0.15) is 13.2 Å². The van der Waals surface area contributed by atoms with Gasteiger partial charge in [-0.05, 0) is 36.8 Å². The Morgan fingerprint density at radius 3 is 2.44 bits per heavy atom. The van der Waals surface area contributed by atoms with Crippen molar-refractivity contribution in [3.63, 3.8) is 0 Å². The molecule has 0 heterocycles. The fraction of sp³-hybridized carbons (Fsp3) is 0.571. The van der Waals surface area contributed by atoms with Crippen LogP contribution in [0.25, 0.3) is 0 Å². The molecule has 1 nitrogen and oxygen atoms in total. The molecular weight excluding hydrogens is 241 g/mol. The number of halogens is 3. The van der Waals surface area contributed by atoms with Gasteiger partial charge in [0.25, 0.3) is 0 Å². The molecule has 1 aromatic carbocycles. The second kappa shape index (κ2) is 4.57. The summed E-state index contributed by atoms with van der Waals surface area (Å²) in [5.74, 6) is 0.247. The molecule has 0 bridgehead atoms. The van der Waals surface area contributed by atoms with E-state index >= 15 is 0 Å². The van der Waals surface area contributed by atoms with Gasteiger partial charge >= 0.3 is 6.18 Å². The fourth-order valence-corrected chi connectivity index (χ4v) is 2.39. The summed E-state index contributed by atoms with van der Waals surface area (Å²) in [6.07, 6.45) is -1.49. The predicted molar refractivity (Wildman–Crippen MR) is 63.1 cm³/mol. The van der Waals surface area contributed by atoms with Crippen molar-refractivity contribution in [2.45, 2.75) is 44.4 Å². The Balaban J connectivity index is 2.19. The van der Waals surface area contributed by atoms with E-state index in [-0.39, 0.29) is 5.92 Å². The highest BCUT2D eigenvalue weighted by Crippen LogP contribution is 2.43. The molecule has 1 aliphatic carbocycles. The Labute approximate surface area is 105 Å². The van der Waals surface area contributed by atoms with Gasteiger partial charge in [-0.25, -0.2) is 0 Å². The van der Waals surface area contributed by atoms with Crippen molar-refractivity contribution >= 4 is 0 Å². The van der Waals surface area contributed by atoms with Crippen molar-refractivity contribution < 1.29 is 18.3 Å². The number of rotatable bonds is 4. The molecule has 1 aliphatic rings. The molecule has 2 rings (SSSR count). The first-order valence-electron chi connectivity index (χ1n) is 6.23. The zero-order valence-corrected chi connectivity index (χ0v) is 10.3. The van der Waals surface area contributed by atoms with Crippen LogP contribution in [0.15, 0.2) is 24.3 Å². The summed E-state index contributed by atoms with van der Waals surface area (Å²) < 4.78 is 37.8. The van der Waals surface area contributed by atoms with E-state index in [1.807, 2.05) is 6.92 Å². The number of alkyl halides is 3. The molecule has 18 heavy (non-hydrogen) atoms. The lowest BCUT2D eigenvalue weighted by molar-refractivity contribution is -0.137. The lowest BCUT2D eigenvalue weighted by Crippen LogP contribution is -2.33. The molecule has 0 aliphatic heterocycles. The lowest BCUT2D eigenvalue weighted by atomic mass is 9.87. The molecule has 0 radical (unpaired) electrons. The van der Waals surface area contributed by atoms with Crippen LogP contribution >= 0.6 is 0 Å². The van der Waals surface area contributed by atoms with Crippen LogP contribution in [0.4, 0.5) is 13.2 Å².